The minimum atomic E-state index is -0.836. The van der Waals surface area contributed by atoms with Crippen molar-refractivity contribution in [3.05, 3.63) is 21.9 Å². The van der Waals surface area contributed by atoms with E-state index in [-0.39, 0.29) is 18.6 Å². The van der Waals surface area contributed by atoms with Crippen LogP contribution in [-0.2, 0) is 10.8 Å². The molecule has 2 N–H and O–H groups in total. The van der Waals surface area contributed by atoms with Gasteiger partial charge in [-0.25, -0.2) is 0 Å². The van der Waals surface area contributed by atoms with Crippen LogP contribution < -0.4 is 5.32 Å². The van der Waals surface area contributed by atoms with E-state index in [4.69, 9.17) is 5.11 Å². The number of hydrogen-bond donors (Lipinski definition) is 2. The van der Waals surface area contributed by atoms with Crippen LogP contribution in [-0.4, -0.2) is 39.9 Å². The Morgan fingerprint density at radius 2 is 2.32 bits per heavy atom. The number of amides is 1. The molecule has 0 aromatic carbocycles. The molecule has 2 unspecified atom stereocenters. The highest BCUT2D eigenvalue weighted by atomic mass is 32.2. The molecule has 0 aliphatic rings. The van der Waals surface area contributed by atoms with Crippen LogP contribution in [0.25, 0.3) is 0 Å². The third kappa shape index (κ3) is 6.01. The molecule has 1 aromatic heterocycles. The SMILES string of the molecule is CC(CCS(C)=O)NC(=O)c1ccc(C#CCO)s1. The van der Waals surface area contributed by atoms with Gasteiger partial charge in [-0.05, 0) is 25.5 Å². The minimum absolute atomic E-state index is 0.00882. The van der Waals surface area contributed by atoms with Crippen LogP contribution in [0, 0.1) is 11.8 Å². The summed E-state index contributed by atoms with van der Waals surface area (Å²) in [6, 6.07) is 3.46. The maximum absolute atomic E-state index is 11.9. The predicted octanol–water partition coefficient (Wildman–Crippen LogP) is 0.979. The lowest BCUT2D eigenvalue weighted by Gasteiger charge is -2.11. The molecule has 0 aliphatic heterocycles. The van der Waals surface area contributed by atoms with Crippen molar-refractivity contribution in [2.24, 2.45) is 0 Å². The Kier molecular flexibility index (Phi) is 6.78. The van der Waals surface area contributed by atoms with Crippen molar-refractivity contribution in [2.45, 2.75) is 19.4 Å². The molecule has 1 heterocycles. The lowest BCUT2D eigenvalue weighted by Crippen LogP contribution is -2.33. The van der Waals surface area contributed by atoms with Crippen LogP contribution in [0.2, 0.25) is 0 Å². The number of thiophene rings is 1. The van der Waals surface area contributed by atoms with Crippen molar-refractivity contribution in [2.75, 3.05) is 18.6 Å². The third-order valence-corrected chi connectivity index (χ3v) is 4.15. The maximum Gasteiger partial charge on any atom is 0.261 e. The molecule has 0 saturated carbocycles. The number of carbonyl (C=O) groups excluding carboxylic acids is 1. The van der Waals surface area contributed by atoms with E-state index >= 15 is 0 Å². The lowest BCUT2D eigenvalue weighted by atomic mass is 10.2. The van der Waals surface area contributed by atoms with E-state index in [9.17, 15) is 9.00 Å². The van der Waals surface area contributed by atoms with E-state index in [1.165, 1.54) is 11.3 Å². The van der Waals surface area contributed by atoms with Gasteiger partial charge >= 0.3 is 0 Å². The summed E-state index contributed by atoms with van der Waals surface area (Å²) in [5.74, 6) is 5.74. The Morgan fingerprint density at radius 3 is 2.95 bits per heavy atom. The van der Waals surface area contributed by atoms with Crippen LogP contribution in [0.5, 0.6) is 0 Å². The summed E-state index contributed by atoms with van der Waals surface area (Å²) in [6.07, 6.45) is 2.34. The Balaban J connectivity index is 2.53. The highest BCUT2D eigenvalue weighted by molar-refractivity contribution is 7.84. The summed E-state index contributed by atoms with van der Waals surface area (Å²) < 4.78 is 11.0. The summed E-state index contributed by atoms with van der Waals surface area (Å²) in [6.45, 7) is 1.70. The van der Waals surface area contributed by atoms with Gasteiger partial charge in [0.1, 0.15) is 6.61 Å². The highest BCUT2D eigenvalue weighted by Gasteiger charge is 2.12. The third-order valence-electron chi connectivity index (χ3n) is 2.34. The zero-order valence-corrected chi connectivity index (χ0v) is 12.6. The molecule has 0 saturated heterocycles. The summed E-state index contributed by atoms with van der Waals surface area (Å²) in [5, 5.41) is 11.5. The standard InChI is InChI=1S/C13H17NO3S2/c1-10(7-9-19(2)17)14-13(16)12-6-5-11(18-12)4-3-8-15/h5-6,10,15H,7-9H2,1-2H3,(H,14,16). The van der Waals surface area contributed by atoms with E-state index in [1.54, 1.807) is 18.4 Å². The first-order chi connectivity index (χ1) is 9.02. The molecular weight excluding hydrogens is 282 g/mol. The molecule has 0 radical (unpaired) electrons. The summed E-state index contributed by atoms with van der Waals surface area (Å²) >= 11 is 1.29. The first-order valence-electron chi connectivity index (χ1n) is 5.83. The van der Waals surface area contributed by atoms with Gasteiger partial charge in [-0.2, -0.15) is 0 Å². The van der Waals surface area contributed by atoms with Crippen LogP contribution >= 0.6 is 11.3 Å². The van der Waals surface area contributed by atoms with Gasteiger partial charge in [0.15, 0.2) is 0 Å². The zero-order chi connectivity index (χ0) is 14.3. The van der Waals surface area contributed by atoms with Crippen molar-refractivity contribution in [3.63, 3.8) is 0 Å². The lowest BCUT2D eigenvalue weighted by molar-refractivity contribution is 0.0943. The molecule has 104 valence electrons. The smallest absolute Gasteiger partial charge is 0.261 e. The van der Waals surface area contributed by atoms with Crippen LogP contribution in [0.3, 0.4) is 0 Å². The second kappa shape index (κ2) is 8.10. The van der Waals surface area contributed by atoms with Gasteiger partial charge in [-0.1, -0.05) is 11.8 Å². The number of rotatable bonds is 5. The molecule has 1 amide bonds. The summed E-state index contributed by atoms with van der Waals surface area (Å²) in [5.41, 5.74) is 0. The van der Waals surface area contributed by atoms with Gasteiger partial charge in [-0.3, -0.25) is 9.00 Å². The van der Waals surface area contributed by atoms with Crippen molar-refractivity contribution < 1.29 is 14.1 Å². The molecule has 0 aliphatic carbocycles. The molecule has 19 heavy (non-hydrogen) atoms. The van der Waals surface area contributed by atoms with Gasteiger partial charge in [0.25, 0.3) is 5.91 Å². The molecule has 1 aromatic rings. The zero-order valence-electron chi connectivity index (χ0n) is 10.9. The highest BCUT2D eigenvalue weighted by Crippen LogP contribution is 2.15. The number of hydrogen-bond acceptors (Lipinski definition) is 4. The summed E-state index contributed by atoms with van der Waals surface area (Å²) in [7, 11) is -0.836. The topological polar surface area (TPSA) is 66.4 Å². The quantitative estimate of drug-likeness (QED) is 0.797. The number of aliphatic hydroxyl groups excluding tert-OH is 1. The van der Waals surface area contributed by atoms with Crippen molar-refractivity contribution in [1.82, 2.24) is 5.32 Å². The Hall–Kier alpha value is -1.16. The average molecular weight is 299 g/mol. The monoisotopic (exact) mass is 299 g/mol. The Morgan fingerprint density at radius 1 is 1.58 bits per heavy atom. The second-order valence-electron chi connectivity index (χ2n) is 4.06. The fraction of sp³-hybridized carbons (Fsp3) is 0.462. The Bertz CT molecular complexity index is 513. The molecule has 2 atom stereocenters. The number of aliphatic hydroxyl groups is 1. The summed E-state index contributed by atoms with van der Waals surface area (Å²) in [4.78, 5) is 13.3. The second-order valence-corrected chi connectivity index (χ2v) is 6.70. The van der Waals surface area contributed by atoms with Crippen LogP contribution in [0.1, 0.15) is 27.9 Å². The van der Waals surface area contributed by atoms with E-state index in [0.717, 1.165) is 4.88 Å². The largest absolute Gasteiger partial charge is 0.384 e. The van der Waals surface area contributed by atoms with Crippen LogP contribution in [0.15, 0.2) is 12.1 Å². The molecule has 6 heteroatoms. The first-order valence-corrected chi connectivity index (χ1v) is 8.37. The van der Waals surface area contributed by atoms with Crippen molar-refractivity contribution in [3.8, 4) is 11.8 Å². The van der Waals surface area contributed by atoms with Crippen molar-refractivity contribution >= 4 is 28.0 Å². The van der Waals surface area contributed by atoms with Crippen LogP contribution in [0.4, 0.5) is 0 Å². The van der Waals surface area contributed by atoms with Gasteiger partial charge in [0.05, 0.1) is 9.75 Å². The molecule has 0 fully saturated rings. The fourth-order valence-corrected chi connectivity index (χ4v) is 2.83. The maximum atomic E-state index is 11.9. The number of carbonyl (C=O) groups is 1. The molecular formula is C13H17NO3S2. The minimum Gasteiger partial charge on any atom is -0.384 e. The normalized spacial score (nSPS) is 13.2. The molecule has 4 nitrogen and oxygen atoms in total. The van der Waals surface area contributed by atoms with E-state index < -0.39 is 10.8 Å². The molecule has 1 rings (SSSR count). The van der Waals surface area contributed by atoms with Gasteiger partial charge < -0.3 is 10.4 Å². The van der Waals surface area contributed by atoms with Gasteiger partial charge in [0.2, 0.25) is 0 Å². The fourth-order valence-electron chi connectivity index (χ4n) is 1.36. The molecule has 0 spiro atoms. The van der Waals surface area contributed by atoms with E-state index in [2.05, 4.69) is 17.2 Å². The van der Waals surface area contributed by atoms with Crippen molar-refractivity contribution in [1.29, 1.82) is 0 Å². The average Bonchev–Trinajstić information content (AvgIpc) is 2.82. The van der Waals surface area contributed by atoms with Gasteiger partial charge in [-0.15, -0.1) is 11.3 Å². The first kappa shape index (κ1) is 15.9. The predicted molar refractivity (Wildman–Crippen MR) is 78.8 cm³/mol. The number of nitrogens with one attached hydrogen (secondary N) is 1. The van der Waals surface area contributed by atoms with Gasteiger partial charge in [0, 0.05) is 28.9 Å². The molecule has 0 bridgehead atoms. The van der Waals surface area contributed by atoms with E-state index in [1.807, 2.05) is 6.92 Å². The Labute approximate surface area is 119 Å². The van der Waals surface area contributed by atoms with E-state index in [0.29, 0.717) is 17.1 Å².